The number of hydrogen-bond donors (Lipinski definition) is 1. The van der Waals surface area contributed by atoms with Crippen LogP contribution in [-0.2, 0) is 24.2 Å². The predicted molar refractivity (Wildman–Crippen MR) is 92.4 cm³/mol. The number of benzene rings is 1. The van der Waals surface area contributed by atoms with Crippen molar-refractivity contribution in [3.8, 4) is 0 Å². The van der Waals surface area contributed by atoms with Gasteiger partial charge < -0.3 is 5.32 Å². The van der Waals surface area contributed by atoms with E-state index in [9.17, 15) is 4.79 Å². The van der Waals surface area contributed by atoms with Gasteiger partial charge in [0.05, 0.1) is 0 Å². The van der Waals surface area contributed by atoms with Crippen molar-refractivity contribution in [2.24, 2.45) is 0 Å². The molecule has 120 valence electrons. The van der Waals surface area contributed by atoms with Crippen LogP contribution in [0.2, 0.25) is 0 Å². The molecule has 0 bridgehead atoms. The first-order valence-corrected chi connectivity index (χ1v) is 8.53. The third-order valence-corrected chi connectivity index (χ3v) is 4.53. The van der Waals surface area contributed by atoms with Crippen molar-refractivity contribution in [1.29, 1.82) is 0 Å². The number of pyridine rings is 1. The Bertz CT molecular complexity index is 707. The monoisotopic (exact) mass is 309 g/mol. The van der Waals surface area contributed by atoms with E-state index in [1.165, 1.54) is 36.0 Å². The molecule has 3 rings (SSSR count). The van der Waals surface area contributed by atoms with Crippen LogP contribution in [0.1, 0.15) is 49.3 Å². The van der Waals surface area contributed by atoms with E-state index < -0.39 is 0 Å². The number of aryl methyl sites for hydroxylation is 2. The Morgan fingerprint density at radius 1 is 1.13 bits per heavy atom. The first kappa shape index (κ1) is 15.7. The van der Waals surface area contributed by atoms with Crippen LogP contribution in [0.5, 0.6) is 0 Å². The Hall–Kier alpha value is -2.16. The van der Waals surface area contributed by atoms with Crippen LogP contribution in [0.15, 0.2) is 42.7 Å². The summed E-state index contributed by atoms with van der Waals surface area (Å²) in [6.45, 7) is 4.64. The molecule has 1 amide bonds. The number of fused-ring (bicyclic) bond motifs is 1. The summed E-state index contributed by atoms with van der Waals surface area (Å²) in [5.74, 6) is 0.418. The third kappa shape index (κ3) is 3.79. The summed E-state index contributed by atoms with van der Waals surface area (Å²) in [5.41, 5.74) is 4.94. The predicted octanol–water partition coefficient (Wildman–Crippen LogP) is 3.62. The van der Waals surface area contributed by atoms with Crippen LogP contribution < -0.4 is 9.88 Å². The maximum atomic E-state index is 12.4. The summed E-state index contributed by atoms with van der Waals surface area (Å²) < 4.78 is 2.00. The second-order valence-corrected chi connectivity index (χ2v) is 6.66. The highest BCUT2D eigenvalue weighted by atomic mass is 16.1. The van der Waals surface area contributed by atoms with E-state index in [1.54, 1.807) is 0 Å². The molecule has 0 saturated heterocycles. The van der Waals surface area contributed by atoms with Crippen molar-refractivity contribution < 1.29 is 9.36 Å². The summed E-state index contributed by atoms with van der Waals surface area (Å²) in [5, 5.41) is 3.06. The lowest BCUT2D eigenvalue weighted by atomic mass is 9.93. The van der Waals surface area contributed by atoms with Gasteiger partial charge in [0, 0.05) is 17.3 Å². The van der Waals surface area contributed by atoms with Crippen LogP contribution in [0.25, 0.3) is 0 Å². The summed E-state index contributed by atoms with van der Waals surface area (Å²) in [6, 6.07) is 10.2. The van der Waals surface area contributed by atoms with Gasteiger partial charge in [0.2, 0.25) is 6.54 Å². The topological polar surface area (TPSA) is 33.0 Å². The molecule has 0 aliphatic heterocycles. The van der Waals surface area contributed by atoms with Crippen molar-refractivity contribution in [1.82, 2.24) is 0 Å². The average molecular weight is 309 g/mol. The van der Waals surface area contributed by atoms with Crippen LogP contribution >= 0.6 is 0 Å². The number of hydrogen-bond acceptors (Lipinski definition) is 1. The van der Waals surface area contributed by atoms with Gasteiger partial charge in [0.15, 0.2) is 12.4 Å². The Kier molecular flexibility index (Phi) is 4.75. The highest BCUT2D eigenvalue weighted by molar-refractivity contribution is 5.90. The lowest BCUT2D eigenvalue weighted by Crippen LogP contribution is -2.40. The number of nitrogens with zero attached hydrogens (tertiary/aromatic N) is 1. The lowest BCUT2D eigenvalue weighted by Gasteiger charge is -2.14. The molecular weight excluding hydrogens is 284 g/mol. The van der Waals surface area contributed by atoms with Gasteiger partial charge in [-0.2, -0.15) is 4.57 Å². The number of para-hydroxylation sites is 1. The number of rotatable bonds is 4. The quantitative estimate of drug-likeness (QED) is 0.860. The molecule has 0 radical (unpaired) electrons. The summed E-state index contributed by atoms with van der Waals surface area (Å²) in [7, 11) is 0. The standard InChI is InChI=1S/C20H24N2O/c1-15(2)18-9-5-6-10-19(18)21-20(23)14-22-12-11-16-7-3-4-8-17(16)13-22/h5-6,9-13,15H,3-4,7-8,14H2,1-2H3/p+1. The zero-order valence-electron chi connectivity index (χ0n) is 14.0. The molecule has 1 N–H and O–H groups in total. The number of carbonyl (C=O) groups is 1. The molecule has 1 aromatic heterocycles. The number of anilines is 1. The first-order chi connectivity index (χ1) is 11.1. The van der Waals surface area contributed by atoms with E-state index in [-0.39, 0.29) is 5.91 Å². The molecule has 0 spiro atoms. The smallest absolute Gasteiger partial charge is 0.290 e. The minimum atomic E-state index is 0.0267. The van der Waals surface area contributed by atoms with Crippen molar-refractivity contribution in [2.45, 2.75) is 52.0 Å². The largest absolute Gasteiger partial charge is 0.320 e. The molecule has 23 heavy (non-hydrogen) atoms. The van der Waals surface area contributed by atoms with Crippen LogP contribution in [0.4, 0.5) is 5.69 Å². The van der Waals surface area contributed by atoms with Crippen molar-refractivity contribution in [3.63, 3.8) is 0 Å². The van der Waals surface area contributed by atoms with Crippen molar-refractivity contribution in [2.75, 3.05) is 5.32 Å². The van der Waals surface area contributed by atoms with E-state index in [0.29, 0.717) is 12.5 Å². The molecule has 0 unspecified atom stereocenters. The third-order valence-electron chi connectivity index (χ3n) is 4.53. The first-order valence-electron chi connectivity index (χ1n) is 8.53. The molecule has 2 aromatic rings. The minimum absolute atomic E-state index is 0.0267. The molecule has 0 saturated carbocycles. The maximum absolute atomic E-state index is 12.4. The SMILES string of the molecule is CC(C)c1ccccc1NC(=O)C[n+]1ccc2c(c1)CCCC2. The van der Waals surface area contributed by atoms with E-state index in [1.807, 2.05) is 29.0 Å². The molecular formula is C20H25N2O+. The fraction of sp³-hybridized carbons (Fsp3) is 0.400. The van der Waals surface area contributed by atoms with Crippen molar-refractivity contribution >= 4 is 11.6 Å². The highest BCUT2D eigenvalue weighted by Gasteiger charge is 2.16. The van der Waals surface area contributed by atoms with Gasteiger partial charge in [-0.1, -0.05) is 32.0 Å². The van der Waals surface area contributed by atoms with Crippen LogP contribution in [0.3, 0.4) is 0 Å². The van der Waals surface area contributed by atoms with Gasteiger partial charge in [-0.05, 0) is 48.8 Å². The number of carbonyl (C=O) groups excluding carboxylic acids is 1. The fourth-order valence-electron chi connectivity index (χ4n) is 3.29. The molecule has 3 nitrogen and oxygen atoms in total. The second kappa shape index (κ2) is 6.95. The number of amides is 1. The van der Waals surface area contributed by atoms with Crippen LogP contribution in [0, 0.1) is 0 Å². The maximum Gasteiger partial charge on any atom is 0.290 e. The molecule has 1 heterocycles. The minimum Gasteiger partial charge on any atom is -0.320 e. The zero-order valence-corrected chi connectivity index (χ0v) is 14.0. The van der Waals surface area contributed by atoms with Gasteiger partial charge in [-0.15, -0.1) is 0 Å². The van der Waals surface area contributed by atoms with Gasteiger partial charge in [-0.3, -0.25) is 4.79 Å². The Morgan fingerprint density at radius 3 is 2.65 bits per heavy atom. The molecule has 1 aliphatic carbocycles. The Labute approximate surface area is 138 Å². The summed E-state index contributed by atoms with van der Waals surface area (Å²) in [6.07, 6.45) is 9.01. The lowest BCUT2D eigenvalue weighted by molar-refractivity contribution is -0.684. The highest BCUT2D eigenvalue weighted by Crippen LogP contribution is 2.23. The molecule has 1 aliphatic rings. The molecule has 0 fully saturated rings. The van der Waals surface area contributed by atoms with E-state index in [4.69, 9.17) is 0 Å². The number of aromatic nitrogens is 1. The second-order valence-electron chi connectivity index (χ2n) is 6.66. The zero-order chi connectivity index (χ0) is 16.2. The summed E-state index contributed by atoms with van der Waals surface area (Å²) >= 11 is 0. The summed E-state index contributed by atoms with van der Waals surface area (Å²) in [4.78, 5) is 12.4. The van der Waals surface area contributed by atoms with Crippen molar-refractivity contribution in [3.05, 3.63) is 59.4 Å². The number of nitrogens with one attached hydrogen (secondary N) is 1. The van der Waals surface area contributed by atoms with Gasteiger partial charge >= 0.3 is 0 Å². The van der Waals surface area contributed by atoms with E-state index in [2.05, 4.69) is 37.5 Å². The fourth-order valence-corrected chi connectivity index (χ4v) is 3.29. The average Bonchev–Trinajstić information content (AvgIpc) is 2.55. The van der Waals surface area contributed by atoms with Gasteiger partial charge in [0.25, 0.3) is 5.91 Å². The Balaban J connectivity index is 1.70. The normalized spacial score (nSPS) is 13.7. The van der Waals surface area contributed by atoms with Gasteiger partial charge in [-0.25, -0.2) is 0 Å². The Morgan fingerprint density at radius 2 is 1.87 bits per heavy atom. The molecule has 0 atom stereocenters. The van der Waals surface area contributed by atoms with Crippen LogP contribution in [-0.4, -0.2) is 5.91 Å². The molecule has 1 aromatic carbocycles. The van der Waals surface area contributed by atoms with Gasteiger partial charge in [0.1, 0.15) is 0 Å². The van der Waals surface area contributed by atoms with E-state index in [0.717, 1.165) is 12.1 Å². The molecule has 3 heteroatoms. The van der Waals surface area contributed by atoms with E-state index >= 15 is 0 Å².